The van der Waals surface area contributed by atoms with Gasteiger partial charge in [-0.25, -0.2) is 13.8 Å². The summed E-state index contributed by atoms with van der Waals surface area (Å²) in [7, 11) is -3.44. The van der Waals surface area contributed by atoms with Crippen LogP contribution in [0.4, 0.5) is 0 Å². The first-order valence-corrected chi connectivity index (χ1v) is 10.1. The van der Waals surface area contributed by atoms with Crippen LogP contribution in [-0.4, -0.2) is 37.4 Å². The minimum Gasteiger partial charge on any atom is -0.267 e. The SMILES string of the molecule is O=C(N/N=C1/C[C@H]2C=CC[C@H]12)c1ccc(S(=O)(=O)N2CCCC2)cc1. The summed E-state index contributed by atoms with van der Waals surface area (Å²) in [6, 6.07) is 6.07. The Labute approximate surface area is 147 Å². The van der Waals surface area contributed by atoms with E-state index in [1.54, 1.807) is 12.1 Å². The van der Waals surface area contributed by atoms with Crippen LogP contribution in [0.5, 0.6) is 0 Å². The fourth-order valence-corrected chi connectivity index (χ4v) is 5.22. The van der Waals surface area contributed by atoms with Crippen LogP contribution in [0.15, 0.2) is 46.4 Å². The van der Waals surface area contributed by atoms with Crippen molar-refractivity contribution < 1.29 is 13.2 Å². The van der Waals surface area contributed by atoms with Crippen molar-refractivity contribution in [2.45, 2.75) is 30.6 Å². The molecule has 2 aliphatic carbocycles. The molecule has 7 heteroatoms. The molecule has 0 aromatic heterocycles. The lowest BCUT2D eigenvalue weighted by molar-refractivity contribution is 0.0954. The molecule has 25 heavy (non-hydrogen) atoms. The minimum absolute atomic E-state index is 0.233. The largest absolute Gasteiger partial charge is 0.271 e. The number of hydrazone groups is 1. The first-order chi connectivity index (χ1) is 12.1. The summed E-state index contributed by atoms with van der Waals surface area (Å²) in [5.41, 5.74) is 4.03. The highest BCUT2D eigenvalue weighted by Gasteiger charge is 2.38. The molecular formula is C18H21N3O3S. The third-order valence-corrected chi connectivity index (χ3v) is 7.20. The maximum absolute atomic E-state index is 12.5. The van der Waals surface area contributed by atoms with E-state index in [9.17, 15) is 13.2 Å². The maximum Gasteiger partial charge on any atom is 0.271 e. The van der Waals surface area contributed by atoms with Gasteiger partial charge in [0, 0.05) is 30.3 Å². The first-order valence-electron chi connectivity index (χ1n) is 8.69. The lowest BCUT2D eigenvalue weighted by Crippen LogP contribution is -2.35. The molecule has 3 aliphatic rings. The summed E-state index contributed by atoms with van der Waals surface area (Å²) >= 11 is 0. The summed E-state index contributed by atoms with van der Waals surface area (Å²) in [6.45, 7) is 1.14. The van der Waals surface area contributed by atoms with Gasteiger partial charge < -0.3 is 0 Å². The Morgan fingerprint density at radius 3 is 2.56 bits per heavy atom. The molecule has 1 aromatic rings. The number of rotatable bonds is 4. The highest BCUT2D eigenvalue weighted by Crippen LogP contribution is 2.40. The number of allylic oxidation sites excluding steroid dienone is 2. The Bertz CT molecular complexity index is 837. The summed E-state index contributed by atoms with van der Waals surface area (Å²) in [5, 5.41) is 4.23. The lowest BCUT2D eigenvalue weighted by Gasteiger charge is -2.31. The van der Waals surface area contributed by atoms with Gasteiger partial charge in [0.05, 0.1) is 4.90 Å². The molecule has 4 rings (SSSR count). The zero-order valence-electron chi connectivity index (χ0n) is 13.9. The quantitative estimate of drug-likeness (QED) is 0.661. The van der Waals surface area contributed by atoms with Gasteiger partial charge in [0.15, 0.2) is 0 Å². The van der Waals surface area contributed by atoms with Crippen LogP contribution in [-0.2, 0) is 10.0 Å². The third kappa shape index (κ3) is 3.02. The van der Waals surface area contributed by atoms with Crippen molar-refractivity contribution in [2.75, 3.05) is 13.1 Å². The fourth-order valence-electron chi connectivity index (χ4n) is 3.71. The van der Waals surface area contributed by atoms with Gasteiger partial charge in [-0.1, -0.05) is 12.2 Å². The van der Waals surface area contributed by atoms with Gasteiger partial charge in [0.1, 0.15) is 0 Å². The van der Waals surface area contributed by atoms with Gasteiger partial charge in [0.2, 0.25) is 10.0 Å². The summed E-state index contributed by atoms with van der Waals surface area (Å²) < 4.78 is 26.5. The van der Waals surface area contributed by atoms with E-state index in [0.29, 0.717) is 30.5 Å². The molecule has 1 N–H and O–H groups in total. The van der Waals surface area contributed by atoms with Gasteiger partial charge in [-0.2, -0.15) is 9.41 Å². The predicted octanol–water partition coefficient (Wildman–Crippen LogP) is 2.15. The van der Waals surface area contributed by atoms with Crippen LogP contribution in [0.3, 0.4) is 0 Å². The predicted molar refractivity (Wildman–Crippen MR) is 94.7 cm³/mol. The Morgan fingerprint density at radius 2 is 1.88 bits per heavy atom. The molecule has 0 radical (unpaired) electrons. The number of sulfonamides is 1. The van der Waals surface area contributed by atoms with E-state index in [1.807, 2.05) is 0 Å². The molecule has 1 amide bonds. The Kier molecular flexibility index (Phi) is 4.21. The number of carbonyl (C=O) groups is 1. The van der Waals surface area contributed by atoms with Crippen molar-refractivity contribution in [1.82, 2.24) is 9.73 Å². The lowest BCUT2D eigenvalue weighted by atomic mass is 9.74. The van der Waals surface area contributed by atoms with Gasteiger partial charge in [0.25, 0.3) is 5.91 Å². The van der Waals surface area contributed by atoms with Gasteiger partial charge in [-0.15, -0.1) is 0 Å². The maximum atomic E-state index is 12.5. The van der Waals surface area contributed by atoms with Crippen LogP contribution in [0.25, 0.3) is 0 Å². The Balaban J connectivity index is 1.41. The second-order valence-corrected chi connectivity index (χ2v) is 8.76. The fraction of sp³-hybridized carbons (Fsp3) is 0.444. The molecular weight excluding hydrogens is 338 g/mol. The van der Waals surface area contributed by atoms with Gasteiger partial charge in [-0.3, -0.25) is 4.79 Å². The summed E-state index contributed by atoms with van der Waals surface area (Å²) in [4.78, 5) is 12.4. The monoisotopic (exact) mass is 359 g/mol. The number of hydrogen-bond donors (Lipinski definition) is 1. The van der Waals surface area contributed by atoms with E-state index in [0.717, 1.165) is 31.4 Å². The molecule has 0 bridgehead atoms. The number of benzene rings is 1. The smallest absolute Gasteiger partial charge is 0.267 e. The van der Waals surface area contributed by atoms with Crippen molar-refractivity contribution >= 4 is 21.6 Å². The molecule has 1 saturated carbocycles. The van der Waals surface area contributed by atoms with E-state index in [-0.39, 0.29) is 10.8 Å². The van der Waals surface area contributed by atoms with Crippen molar-refractivity contribution in [3.05, 3.63) is 42.0 Å². The van der Waals surface area contributed by atoms with E-state index in [4.69, 9.17) is 0 Å². The zero-order chi connectivity index (χ0) is 17.4. The first kappa shape index (κ1) is 16.5. The van der Waals surface area contributed by atoms with E-state index >= 15 is 0 Å². The summed E-state index contributed by atoms with van der Waals surface area (Å²) in [5.74, 6) is 0.728. The molecule has 132 valence electrons. The number of nitrogens with zero attached hydrogens (tertiary/aromatic N) is 2. The van der Waals surface area contributed by atoms with Crippen LogP contribution in [0.2, 0.25) is 0 Å². The number of carbonyl (C=O) groups excluding carboxylic acids is 1. The molecule has 1 aromatic carbocycles. The van der Waals surface area contributed by atoms with Crippen molar-refractivity contribution in [3.63, 3.8) is 0 Å². The van der Waals surface area contributed by atoms with E-state index in [1.165, 1.54) is 16.4 Å². The highest BCUT2D eigenvalue weighted by molar-refractivity contribution is 7.89. The van der Waals surface area contributed by atoms with Crippen molar-refractivity contribution in [3.8, 4) is 0 Å². The Hall–Kier alpha value is -1.99. The normalized spacial score (nSPS) is 27.3. The molecule has 1 saturated heterocycles. The number of amides is 1. The molecule has 1 heterocycles. The second-order valence-electron chi connectivity index (χ2n) is 6.82. The number of nitrogens with one attached hydrogen (secondary N) is 1. The highest BCUT2D eigenvalue weighted by atomic mass is 32.2. The van der Waals surface area contributed by atoms with Gasteiger partial charge in [-0.05, 0) is 55.9 Å². The van der Waals surface area contributed by atoms with Crippen LogP contribution >= 0.6 is 0 Å². The Morgan fingerprint density at radius 1 is 1.16 bits per heavy atom. The zero-order valence-corrected chi connectivity index (χ0v) is 14.7. The number of fused-ring (bicyclic) bond motifs is 1. The second kappa shape index (κ2) is 6.38. The van der Waals surface area contributed by atoms with Crippen molar-refractivity contribution in [1.29, 1.82) is 0 Å². The van der Waals surface area contributed by atoms with Crippen molar-refractivity contribution in [2.24, 2.45) is 16.9 Å². The molecule has 1 aliphatic heterocycles. The number of hydrogen-bond acceptors (Lipinski definition) is 4. The average molecular weight is 359 g/mol. The van der Waals surface area contributed by atoms with Crippen LogP contribution in [0.1, 0.15) is 36.0 Å². The van der Waals surface area contributed by atoms with E-state index < -0.39 is 10.0 Å². The third-order valence-electron chi connectivity index (χ3n) is 5.28. The van der Waals surface area contributed by atoms with Crippen LogP contribution < -0.4 is 5.43 Å². The topological polar surface area (TPSA) is 78.8 Å². The average Bonchev–Trinajstić information content (AvgIpc) is 3.26. The van der Waals surface area contributed by atoms with Gasteiger partial charge >= 0.3 is 0 Å². The molecule has 2 atom stereocenters. The molecule has 0 unspecified atom stereocenters. The standard InChI is InChI=1S/C18H21N3O3S/c22-18(20-19-17-12-14-4-3-5-16(14)17)13-6-8-15(9-7-13)25(23,24)21-10-1-2-11-21/h3-4,6-9,14,16H,1-2,5,10-12H2,(H,20,22)/b19-17-/t14-,16+/m1/s1. The molecule has 0 spiro atoms. The molecule has 6 nitrogen and oxygen atoms in total. The van der Waals surface area contributed by atoms with Crippen LogP contribution in [0, 0.1) is 11.8 Å². The minimum atomic E-state index is -3.44. The van der Waals surface area contributed by atoms with E-state index in [2.05, 4.69) is 22.7 Å². The molecule has 2 fully saturated rings. The summed E-state index contributed by atoms with van der Waals surface area (Å²) in [6.07, 6.45) is 8.09.